The molecular weight excluding hydrogens is 128 g/mol. The largest absolute Gasteiger partial charge is 0.419 e. The minimum atomic E-state index is -0.258. The lowest BCUT2D eigenvalue weighted by Gasteiger charge is -2.21. The second kappa shape index (κ2) is 3.37. The summed E-state index contributed by atoms with van der Waals surface area (Å²) in [6.07, 6.45) is 0. The van der Waals surface area contributed by atoms with Crippen LogP contribution < -0.4 is 0 Å². The monoisotopic (exact) mass is 146 g/mol. The van der Waals surface area contributed by atoms with Crippen LogP contribution in [-0.4, -0.2) is 15.4 Å². The van der Waals surface area contributed by atoms with Crippen molar-refractivity contribution in [2.75, 3.05) is 0 Å². The Morgan fingerprint density at radius 2 is 1.67 bits per heavy atom. The zero-order valence-electron chi connectivity index (χ0n) is 7.19. The summed E-state index contributed by atoms with van der Waals surface area (Å²) in [4.78, 5) is 0. The summed E-state index contributed by atoms with van der Waals surface area (Å²) in [6.45, 7) is 10.8. The maximum atomic E-state index is 5.63. The second-order valence-corrected chi connectivity index (χ2v) is 6.07. The van der Waals surface area contributed by atoms with E-state index in [1.165, 1.54) is 0 Å². The van der Waals surface area contributed by atoms with Crippen LogP contribution in [0, 0.1) is 0 Å². The van der Waals surface area contributed by atoms with Crippen molar-refractivity contribution in [1.82, 2.24) is 0 Å². The van der Waals surface area contributed by atoms with Crippen LogP contribution in [0.4, 0.5) is 0 Å². The van der Waals surface area contributed by atoms with Gasteiger partial charge in [-0.1, -0.05) is 13.8 Å². The molecule has 0 aliphatic rings. The van der Waals surface area contributed by atoms with E-state index in [1.54, 1.807) is 0 Å². The molecule has 0 atom stereocenters. The van der Waals surface area contributed by atoms with Crippen LogP contribution in [0.15, 0.2) is 0 Å². The Bertz CT molecular complexity index is 73.5. The fourth-order valence-corrected chi connectivity index (χ4v) is 1.25. The first-order valence-electron chi connectivity index (χ1n) is 3.56. The molecule has 0 aromatic rings. The minimum Gasteiger partial charge on any atom is -0.419 e. The van der Waals surface area contributed by atoms with Gasteiger partial charge in [0.05, 0.1) is 0 Å². The first-order valence-corrected chi connectivity index (χ1v) is 4.95. The molecule has 0 heterocycles. The van der Waals surface area contributed by atoms with E-state index in [0.29, 0.717) is 0 Å². The molecule has 0 unspecified atom stereocenters. The van der Waals surface area contributed by atoms with Crippen LogP contribution in [0.25, 0.3) is 0 Å². The van der Waals surface area contributed by atoms with Gasteiger partial charge in [0, 0.05) is 5.60 Å². The van der Waals surface area contributed by atoms with Gasteiger partial charge in [0.15, 0.2) is 9.76 Å². The van der Waals surface area contributed by atoms with E-state index in [4.69, 9.17) is 4.43 Å². The van der Waals surface area contributed by atoms with Crippen molar-refractivity contribution in [3.05, 3.63) is 0 Å². The third-order valence-electron chi connectivity index (χ3n) is 0.850. The first kappa shape index (κ1) is 9.18. The van der Waals surface area contributed by atoms with E-state index in [1.807, 2.05) is 0 Å². The quantitative estimate of drug-likeness (QED) is 0.539. The highest BCUT2D eigenvalue weighted by molar-refractivity contribution is 6.29. The second-order valence-electron chi connectivity index (χ2n) is 3.82. The molecule has 0 aromatic carbocycles. The smallest absolute Gasteiger partial charge is 0.164 e. The molecule has 0 amide bonds. The van der Waals surface area contributed by atoms with Gasteiger partial charge in [-0.05, 0) is 26.3 Å². The van der Waals surface area contributed by atoms with E-state index in [-0.39, 0.29) is 15.4 Å². The molecule has 0 rings (SSSR count). The Labute approximate surface area is 60.7 Å². The molecule has 0 radical (unpaired) electrons. The number of hydrogen-bond acceptors (Lipinski definition) is 1. The Kier molecular flexibility index (Phi) is 3.44. The van der Waals surface area contributed by atoms with Gasteiger partial charge in [0.25, 0.3) is 0 Å². The summed E-state index contributed by atoms with van der Waals surface area (Å²) in [5.41, 5.74) is 0.875. The summed E-state index contributed by atoms with van der Waals surface area (Å²) in [7, 11) is -0.258. The van der Waals surface area contributed by atoms with E-state index >= 15 is 0 Å². The number of hydrogen-bond donors (Lipinski definition) is 0. The highest BCUT2D eigenvalue weighted by Crippen LogP contribution is 2.09. The van der Waals surface area contributed by atoms with Crippen molar-refractivity contribution >= 4 is 9.76 Å². The predicted octanol–water partition coefficient (Wildman–Crippen LogP) is 1.71. The molecule has 0 aliphatic heterocycles. The minimum absolute atomic E-state index is 0.0937. The van der Waals surface area contributed by atoms with Crippen LogP contribution >= 0.6 is 0 Å². The molecule has 1 nitrogen and oxygen atoms in total. The zero-order valence-corrected chi connectivity index (χ0v) is 8.61. The molecular formula is C7H18OSi. The third-order valence-corrected chi connectivity index (χ3v) is 2.55. The van der Waals surface area contributed by atoms with Crippen LogP contribution in [-0.2, 0) is 4.43 Å². The Balaban J connectivity index is 3.28. The third kappa shape index (κ3) is 8.18. The summed E-state index contributed by atoms with van der Waals surface area (Å²) in [6, 6.07) is 0. The summed E-state index contributed by atoms with van der Waals surface area (Å²) in [5.74, 6) is 0. The summed E-state index contributed by atoms with van der Waals surface area (Å²) < 4.78 is 5.63. The molecule has 0 bridgehead atoms. The highest BCUT2D eigenvalue weighted by Gasteiger charge is 2.09. The normalized spacial score (nSPS) is 14.0. The maximum absolute atomic E-state index is 5.63. The Hall–Kier alpha value is 0.177. The van der Waals surface area contributed by atoms with Gasteiger partial charge >= 0.3 is 0 Å². The van der Waals surface area contributed by atoms with Gasteiger partial charge < -0.3 is 4.43 Å². The van der Waals surface area contributed by atoms with Crippen molar-refractivity contribution in [2.45, 2.75) is 45.8 Å². The van der Waals surface area contributed by atoms with Gasteiger partial charge in [-0.3, -0.25) is 0 Å². The summed E-state index contributed by atoms with van der Waals surface area (Å²) in [5, 5.41) is 0. The molecule has 0 fully saturated rings. The molecule has 56 valence electrons. The Morgan fingerprint density at radius 1 is 1.22 bits per heavy atom. The van der Waals surface area contributed by atoms with Gasteiger partial charge in [0.2, 0.25) is 0 Å². The first-order chi connectivity index (χ1) is 3.92. The number of rotatable bonds is 2. The molecule has 0 spiro atoms. The van der Waals surface area contributed by atoms with Gasteiger partial charge in [-0.2, -0.15) is 0 Å². The fraction of sp³-hybridized carbons (Fsp3) is 1.00. The average Bonchev–Trinajstić information content (AvgIpc) is 1.59. The van der Waals surface area contributed by atoms with Crippen LogP contribution in [0.5, 0.6) is 0 Å². The van der Waals surface area contributed by atoms with Gasteiger partial charge in [-0.15, -0.1) is 0 Å². The van der Waals surface area contributed by atoms with E-state index < -0.39 is 0 Å². The van der Waals surface area contributed by atoms with Crippen LogP contribution in [0.1, 0.15) is 34.6 Å². The lowest BCUT2D eigenvalue weighted by Crippen LogP contribution is -2.22. The van der Waals surface area contributed by atoms with E-state index in [2.05, 4.69) is 34.6 Å². The SMILES string of the molecule is CC(C)[SiH2]OC(C)(C)C. The van der Waals surface area contributed by atoms with Gasteiger partial charge in [0.1, 0.15) is 0 Å². The van der Waals surface area contributed by atoms with Crippen molar-refractivity contribution in [3.8, 4) is 0 Å². The van der Waals surface area contributed by atoms with Crippen LogP contribution in [0.3, 0.4) is 0 Å². The molecule has 0 saturated heterocycles. The zero-order chi connectivity index (χ0) is 7.49. The van der Waals surface area contributed by atoms with E-state index in [0.717, 1.165) is 5.54 Å². The van der Waals surface area contributed by atoms with Crippen LogP contribution in [0.2, 0.25) is 5.54 Å². The Morgan fingerprint density at radius 3 is 1.78 bits per heavy atom. The fourth-order valence-electron chi connectivity index (χ4n) is 0.417. The molecule has 9 heavy (non-hydrogen) atoms. The van der Waals surface area contributed by atoms with Crippen molar-refractivity contribution in [1.29, 1.82) is 0 Å². The molecule has 0 N–H and O–H groups in total. The van der Waals surface area contributed by atoms with Crippen molar-refractivity contribution in [2.24, 2.45) is 0 Å². The van der Waals surface area contributed by atoms with Crippen molar-refractivity contribution in [3.63, 3.8) is 0 Å². The highest BCUT2D eigenvalue weighted by atomic mass is 28.2. The lowest BCUT2D eigenvalue weighted by atomic mass is 10.2. The molecule has 0 saturated carbocycles. The maximum Gasteiger partial charge on any atom is 0.164 e. The molecule has 0 aliphatic carbocycles. The molecule has 2 heteroatoms. The van der Waals surface area contributed by atoms with E-state index in [9.17, 15) is 0 Å². The average molecular weight is 146 g/mol. The predicted molar refractivity (Wildman–Crippen MR) is 44.5 cm³/mol. The standard InChI is InChI=1S/C7H18OSi/c1-6(2)9-8-7(3,4)5/h6H,9H2,1-5H3. The molecule has 0 aromatic heterocycles. The summed E-state index contributed by atoms with van der Waals surface area (Å²) >= 11 is 0. The van der Waals surface area contributed by atoms with Gasteiger partial charge in [-0.25, -0.2) is 0 Å². The topological polar surface area (TPSA) is 9.23 Å². The lowest BCUT2D eigenvalue weighted by molar-refractivity contribution is 0.136. The van der Waals surface area contributed by atoms with Crippen molar-refractivity contribution < 1.29 is 4.43 Å².